The van der Waals surface area contributed by atoms with Crippen LogP contribution in [-0.2, 0) is 9.59 Å². The molecular formula is C19H21IN2O3. The van der Waals surface area contributed by atoms with Gasteiger partial charge in [0.15, 0.2) is 6.61 Å². The fraction of sp³-hybridized carbons (Fsp3) is 0.263. The third kappa shape index (κ3) is 6.38. The average Bonchev–Trinajstić information content (AvgIpc) is 2.55. The molecule has 0 aliphatic heterocycles. The van der Waals surface area contributed by atoms with E-state index in [1.807, 2.05) is 45.0 Å². The molecule has 0 aliphatic rings. The summed E-state index contributed by atoms with van der Waals surface area (Å²) in [4.78, 5) is 24.0. The average molecular weight is 452 g/mol. The first-order valence-corrected chi connectivity index (χ1v) is 8.92. The van der Waals surface area contributed by atoms with Gasteiger partial charge in [0.1, 0.15) is 5.75 Å². The minimum absolute atomic E-state index is 0.0823. The zero-order valence-corrected chi connectivity index (χ0v) is 16.6. The number of amides is 2. The van der Waals surface area contributed by atoms with E-state index in [-0.39, 0.29) is 18.4 Å². The second-order valence-corrected chi connectivity index (χ2v) is 7.82. The van der Waals surface area contributed by atoms with E-state index in [4.69, 9.17) is 4.74 Å². The molecule has 0 aliphatic carbocycles. The number of hydrogen-bond donors (Lipinski definition) is 2. The Morgan fingerprint density at radius 1 is 1.00 bits per heavy atom. The van der Waals surface area contributed by atoms with Crippen LogP contribution in [0.2, 0.25) is 0 Å². The number of nitrogens with one attached hydrogen (secondary N) is 2. The first kappa shape index (κ1) is 19.2. The van der Waals surface area contributed by atoms with E-state index in [1.165, 1.54) is 0 Å². The van der Waals surface area contributed by atoms with Crippen molar-refractivity contribution in [1.29, 1.82) is 0 Å². The van der Waals surface area contributed by atoms with E-state index in [2.05, 4.69) is 33.2 Å². The number of rotatable bonds is 5. The molecule has 6 heteroatoms. The van der Waals surface area contributed by atoms with Gasteiger partial charge in [-0.15, -0.1) is 0 Å². The summed E-state index contributed by atoms with van der Waals surface area (Å²) in [5.41, 5.74) is 0.875. The number of anilines is 2. The maximum absolute atomic E-state index is 12.0. The maximum atomic E-state index is 12.0. The summed E-state index contributed by atoms with van der Waals surface area (Å²) in [5.74, 6) is 0.191. The van der Waals surface area contributed by atoms with Gasteiger partial charge in [-0.1, -0.05) is 26.8 Å². The van der Waals surface area contributed by atoms with Gasteiger partial charge in [-0.3, -0.25) is 9.59 Å². The van der Waals surface area contributed by atoms with Crippen molar-refractivity contribution in [2.24, 2.45) is 5.41 Å². The molecule has 2 aromatic rings. The Bertz CT molecular complexity index is 752. The molecule has 2 amide bonds. The molecule has 5 nitrogen and oxygen atoms in total. The number of hydrogen-bond acceptors (Lipinski definition) is 3. The Morgan fingerprint density at radius 3 is 2.32 bits per heavy atom. The second kappa shape index (κ2) is 8.33. The molecule has 0 radical (unpaired) electrons. The van der Waals surface area contributed by atoms with Crippen LogP contribution in [0.1, 0.15) is 20.8 Å². The lowest BCUT2D eigenvalue weighted by Crippen LogP contribution is -2.27. The van der Waals surface area contributed by atoms with Gasteiger partial charge in [0.25, 0.3) is 5.91 Å². The molecule has 0 saturated heterocycles. The third-order valence-electron chi connectivity index (χ3n) is 3.27. The lowest BCUT2D eigenvalue weighted by molar-refractivity contribution is -0.123. The Kier molecular flexibility index (Phi) is 6.41. The molecule has 0 saturated carbocycles. The maximum Gasteiger partial charge on any atom is 0.262 e. The van der Waals surface area contributed by atoms with Crippen LogP contribution in [0.3, 0.4) is 0 Å². The van der Waals surface area contributed by atoms with Gasteiger partial charge in [0, 0.05) is 26.4 Å². The van der Waals surface area contributed by atoms with Gasteiger partial charge in [-0.2, -0.15) is 0 Å². The largest absolute Gasteiger partial charge is 0.484 e. The van der Waals surface area contributed by atoms with Crippen LogP contribution >= 0.6 is 22.6 Å². The van der Waals surface area contributed by atoms with E-state index in [9.17, 15) is 9.59 Å². The fourth-order valence-corrected chi connectivity index (χ4v) is 2.22. The highest BCUT2D eigenvalue weighted by molar-refractivity contribution is 14.1. The van der Waals surface area contributed by atoms with Crippen molar-refractivity contribution in [3.8, 4) is 5.75 Å². The SMILES string of the molecule is CC(C)(C)C(=O)Nc1cccc(OCC(=O)Nc2ccc(I)cc2)c1. The highest BCUT2D eigenvalue weighted by Gasteiger charge is 2.21. The van der Waals surface area contributed by atoms with E-state index in [0.29, 0.717) is 11.4 Å². The summed E-state index contributed by atoms with van der Waals surface area (Å²) < 4.78 is 6.60. The minimum Gasteiger partial charge on any atom is -0.484 e. The molecule has 132 valence electrons. The topological polar surface area (TPSA) is 67.4 Å². The molecule has 0 fully saturated rings. The molecule has 0 spiro atoms. The molecule has 2 rings (SSSR count). The van der Waals surface area contributed by atoms with Crippen LogP contribution in [0.15, 0.2) is 48.5 Å². The van der Waals surface area contributed by atoms with Crippen LogP contribution in [0, 0.1) is 8.99 Å². The summed E-state index contributed by atoms with van der Waals surface area (Å²) in [7, 11) is 0. The van der Waals surface area contributed by atoms with Gasteiger partial charge in [-0.25, -0.2) is 0 Å². The monoisotopic (exact) mass is 452 g/mol. The molecule has 2 aromatic carbocycles. The standard InChI is InChI=1S/C19H21IN2O3/c1-19(2,3)18(24)22-15-5-4-6-16(11-15)25-12-17(23)21-14-9-7-13(20)8-10-14/h4-11H,12H2,1-3H3,(H,21,23)(H,22,24). The highest BCUT2D eigenvalue weighted by atomic mass is 127. The van der Waals surface area contributed by atoms with Crippen molar-refractivity contribution in [2.75, 3.05) is 17.2 Å². The van der Waals surface area contributed by atoms with Crippen LogP contribution in [-0.4, -0.2) is 18.4 Å². The quantitative estimate of drug-likeness (QED) is 0.666. The van der Waals surface area contributed by atoms with Crippen molar-refractivity contribution in [2.45, 2.75) is 20.8 Å². The number of carbonyl (C=O) groups is 2. The van der Waals surface area contributed by atoms with Crippen molar-refractivity contribution in [3.63, 3.8) is 0 Å². The van der Waals surface area contributed by atoms with E-state index < -0.39 is 5.41 Å². The first-order valence-electron chi connectivity index (χ1n) is 7.84. The number of carbonyl (C=O) groups excluding carboxylic acids is 2. The summed E-state index contributed by atoms with van der Waals surface area (Å²) in [6, 6.07) is 14.5. The minimum atomic E-state index is -0.482. The number of halogens is 1. The van der Waals surface area contributed by atoms with Crippen LogP contribution < -0.4 is 15.4 Å². The van der Waals surface area contributed by atoms with E-state index in [0.717, 1.165) is 9.26 Å². The Labute approximate surface area is 161 Å². The first-order chi connectivity index (χ1) is 11.7. The second-order valence-electron chi connectivity index (χ2n) is 6.58. The smallest absolute Gasteiger partial charge is 0.262 e. The summed E-state index contributed by atoms with van der Waals surface area (Å²) >= 11 is 2.20. The van der Waals surface area contributed by atoms with Crippen molar-refractivity contribution < 1.29 is 14.3 Å². The van der Waals surface area contributed by atoms with Gasteiger partial charge in [0.05, 0.1) is 0 Å². The van der Waals surface area contributed by atoms with Crippen molar-refractivity contribution in [1.82, 2.24) is 0 Å². The summed E-state index contributed by atoms with van der Waals surface area (Å²) in [6.07, 6.45) is 0. The predicted octanol–water partition coefficient (Wildman–Crippen LogP) is 4.29. The molecule has 25 heavy (non-hydrogen) atoms. The molecule has 0 heterocycles. The number of benzene rings is 2. The third-order valence-corrected chi connectivity index (χ3v) is 3.99. The Morgan fingerprint density at radius 2 is 1.68 bits per heavy atom. The zero-order chi connectivity index (χ0) is 18.4. The molecule has 0 unspecified atom stereocenters. The molecule has 0 aromatic heterocycles. The zero-order valence-electron chi connectivity index (χ0n) is 14.4. The van der Waals surface area contributed by atoms with Crippen LogP contribution in [0.5, 0.6) is 5.75 Å². The van der Waals surface area contributed by atoms with E-state index >= 15 is 0 Å². The van der Waals surface area contributed by atoms with Gasteiger partial charge in [0.2, 0.25) is 5.91 Å². The lowest BCUT2D eigenvalue weighted by atomic mass is 9.95. The highest BCUT2D eigenvalue weighted by Crippen LogP contribution is 2.21. The molecule has 0 bridgehead atoms. The molecular weight excluding hydrogens is 431 g/mol. The summed E-state index contributed by atoms with van der Waals surface area (Å²) in [6.45, 7) is 5.43. The molecule has 0 atom stereocenters. The molecule has 2 N–H and O–H groups in total. The fourth-order valence-electron chi connectivity index (χ4n) is 1.86. The van der Waals surface area contributed by atoms with E-state index in [1.54, 1.807) is 24.3 Å². The normalized spacial score (nSPS) is 10.9. The van der Waals surface area contributed by atoms with Crippen LogP contribution in [0.25, 0.3) is 0 Å². The van der Waals surface area contributed by atoms with Crippen molar-refractivity contribution in [3.05, 3.63) is 52.1 Å². The summed E-state index contributed by atoms with van der Waals surface area (Å²) in [5, 5.41) is 5.60. The van der Waals surface area contributed by atoms with Gasteiger partial charge < -0.3 is 15.4 Å². The Hall–Kier alpha value is -2.09. The van der Waals surface area contributed by atoms with Crippen LogP contribution in [0.4, 0.5) is 11.4 Å². The lowest BCUT2D eigenvalue weighted by Gasteiger charge is -2.18. The number of ether oxygens (including phenoxy) is 1. The van der Waals surface area contributed by atoms with Gasteiger partial charge in [-0.05, 0) is 59.0 Å². The van der Waals surface area contributed by atoms with Gasteiger partial charge >= 0.3 is 0 Å². The Balaban J connectivity index is 1.90. The van der Waals surface area contributed by atoms with Crippen molar-refractivity contribution >= 4 is 45.8 Å². The predicted molar refractivity (Wildman–Crippen MR) is 108 cm³/mol.